The summed E-state index contributed by atoms with van der Waals surface area (Å²) in [6.07, 6.45) is 0. The lowest BCUT2D eigenvalue weighted by Crippen LogP contribution is -2.37. The molecular weight excluding hydrogens is 504 g/mol. The first-order chi connectivity index (χ1) is 17.6. The van der Waals surface area contributed by atoms with Crippen molar-refractivity contribution in [3.05, 3.63) is 57.6 Å². The fraction of sp³-hybridized carbons (Fsp3) is 0.417. The van der Waals surface area contributed by atoms with Crippen LogP contribution in [0.4, 0.5) is 17.1 Å². The van der Waals surface area contributed by atoms with Gasteiger partial charge in [0.05, 0.1) is 34.3 Å². The Balaban J connectivity index is 1.74. The molecule has 1 amide bonds. The van der Waals surface area contributed by atoms with Crippen molar-refractivity contribution >= 4 is 39.0 Å². The fourth-order valence-electron chi connectivity index (χ4n) is 3.95. The summed E-state index contributed by atoms with van der Waals surface area (Å²) in [6.45, 7) is 6.93. The highest BCUT2D eigenvalue weighted by atomic mass is 32.2. The summed E-state index contributed by atoms with van der Waals surface area (Å²) < 4.78 is 37.7. The van der Waals surface area contributed by atoms with Crippen molar-refractivity contribution in [2.75, 3.05) is 56.2 Å². The SMILES string of the molecule is CCN(CC)S(=O)(=O)c1cc(NC(=O)COC(=O)c2cc([N+](=O)[O-])ccc2N2CCOCC2)ccc1C. The van der Waals surface area contributed by atoms with Crippen molar-refractivity contribution in [1.82, 2.24) is 4.31 Å². The maximum atomic E-state index is 12.9. The number of benzene rings is 2. The number of non-ortho nitro benzene ring substituents is 1. The van der Waals surface area contributed by atoms with Crippen molar-refractivity contribution in [2.45, 2.75) is 25.7 Å². The van der Waals surface area contributed by atoms with Crippen LogP contribution in [0.5, 0.6) is 0 Å². The van der Waals surface area contributed by atoms with Crippen LogP contribution in [0.15, 0.2) is 41.3 Å². The number of nitrogens with one attached hydrogen (secondary N) is 1. The molecule has 0 aliphatic carbocycles. The second kappa shape index (κ2) is 12.1. The van der Waals surface area contributed by atoms with E-state index < -0.39 is 33.4 Å². The third kappa shape index (κ3) is 6.61. The number of aryl methyl sites for hydroxylation is 1. The number of amides is 1. The van der Waals surface area contributed by atoms with Crippen LogP contribution in [0.3, 0.4) is 0 Å². The van der Waals surface area contributed by atoms with E-state index >= 15 is 0 Å². The number of hydrogen-bond acceptors (Lipinski definition) is 9. The van der Waals surface area contributed by atoms with Gasteiger partial charge < -0.3 is 19.7 Å². The Kier molecular flexibility index (Phi) is 9.18. The van der Waals surface area contributed by atoms with Crippen LogP contribution in [0, 0.1) is 17.0 Å². The van der Waals surface area contributed by atoms with Gasteiger partial charge in [-0.25, -0.2) is 13.2 Å². The fourth-order valence-corrected chi connectivity index (χ4v) is 5.65. The molecule has 2 aromatic rings. The van der Waals surface area contributed by atoms with Crippen LogP contribution in [0.1, 0.15) is 29.8 Å². The van der Waals surface area contributed by atoms with E-state index in [0.717, 1.165) is 6.07 Å². The Morgan fingerprint density at radius 3 is 2.43 bits per heavy atom. The second-order valence-corrected chi connectivity index (χ2v) is 10.2. The second-order valence-electron chi connectivity index (χ2n) is 8.25. The highest BCUT2D eigenvalue weighted by molar-refractivity contribution is 7.89. The molecule has 1 fully saturated rings. The predicted octanol–water partition coefficient (Wildman–Crippen LogP) is 2.57. The van der Waals surface area contributed by atoms with Crippen LogP contribution in [-0.2, 0) is 24.3 Å². The lowest BCUT2D eigenvalue weighted by Gasteiger charge is -2.30. The number of hydrogen-bond donors (Lipinski definition) is 1. The van der Waals surface area contributed by atoms with E-state index in [0.29, 0.717) is 50.6 Å². The maximum absolute atomic E-state index is 12.9. The number of rotatable bonds is 10. The number of morpholine rings is 1. The summed E-state index contributed by atoms with van der Waals surface area (Å²) in [6, 6.07) is 8.39. The van der Waals surface area contributed by atoms with E-state index in [1.54, 1.807) is 32.9 Å². The first-order valence-corrected chi connectivity index (χ1v) is 13.2. The molecule has 1 N–H and O–H groups in total. The van der Waals surface area contributed by atoms with Gasteiger partial charge in [0.1, 0.15) is 0 Å². The molecule has 1 aliphatic heterocycles. The molecule has 200 valence electrons. The first-order valence-electron chi connectivity index (χ1n) is 11.8. The van der Waals surface area contributed by atoms with Crippen molar-refractivity contribution in [3.8, 4) is 0 Å². The molecule has 0 spiro atoms. The Morgan fingerprint density at radius 1 is 1.14 bits per heavy atom. The van der Waals surface area contributed by atoms with Gasteiger partial charge in [0, 0.05) is 44.0 Å². The molecule has 0 saturated carbocycles. The van der Waals surface area contributed by atoms with Crippen LogP contribution in [-0.4, -0.2) is 75.5 Å². The summed E-state index contributed by atoms with van der Waals surface area (Å²) in [5.41, 5.74) is 0.880. The zero-order chi connectivity index (χ0) is 27.2. The Hall–Kier alpha value is -3.55. The number of carbonyl (C=O) groups excluding carboxylic acids is 2. The van der Waals surface area contributed by atoms with Gasteiger partial charge in [0.2, 0.25) is 10.0 Å². The summed E-state index contributed by atoms with van der Waals surface area (Å²) in [4.78, 5) is 37.9. The minimum atomic E-state index is -3.75. The molecule has 0 radical (unpaired) electrons. The van der Waals surface area contributed by atoms with E-state index in [1.807, 2.05) is 4.90 Å². The smallest absolute Gasteiger partial charge is 0.341 e. The molecule has 37 heavy (non-hydrogen) atoms. The van der Waals surface area contributed by atoms with Gasteiger partial charge in [-0.1, -0.05) is 19.9 Å². The zero-order valence-corrected chi connectivity index (χ0v) is 21.7. The molecule has 12 nitrogen and oxygen atoms in total. The van der Waals surface area contributed by atoms with Crippen molar-refractivity contribution in [2.24, 2.45) is 0 Å². The number of carbonyl (C=O) groups is 2. The number of esters is 1. The van der Waals surface area contributed by atoms with E-state index in [1.165, 1.54) is 22.5 Å². The minimum absolute atomic E-state index is 0.0353. The number of ether oxygens (including phenoxy) is 2. The molecule has 0 bridgehead atoms. The molecule has 0 atom stereocenters. The quantitative estimate of drug-likeness (QED) is 0.276. The van der Waals surface area contributed by atoms with Crippen LogP contribution in [0.2, 0.25) is 0 Å². The van der Waals surface area contributed by atoms with Crippen molar-refractivity contribution < 1.29 is 32.4 Å². The average Bonchev–Trinajstić information content (AvgIpc) is 2.89. The third-order valence-corrected chi connectivity index (χ3v) is 8.08. The van der Waals surface area contributed by atoms with Gasteiger partial charge in [-0.3, -0.25) is 14.9 Å². The van der Waals surface area contributed by atoms with Crippen LogP contribution >= 0.6 is 0 Å². The van der Waals surface area contributed by atoms with Gasteiger partial charge >= 0.3 is 5.97 Å². The van der Waals surface area contributed by atoms with Crippen molar-refractivity contribution in [3.63, 3.8) is 0 Å². The Labute approximate surface area is 215 Å². The molecule has 3 rings (SSSR count). The summed E-state index contributed by atoms with van der Waals surface area (Å²) in [5, 5.41) is 13.8. The third-order valence-electron chi connectivity index (χ3n) is 5.89. The van der Waals surface area contributed by atoms with E-state index in [4.69, 9.17) is 9.47 Å². The molecule has 1 saturated heterocycles. The lowest BCUT2D eigenvalue weighted by atomic mass is 10.1. The zero-order valence-electron chi connectivity index (χ0n) is 20.9. The standard InChI is InChI=1S/C24H30N4O8S/c1-4-27(5-2)37(33,34)22-14-18(7-6-17(22)3)25-23(29)16-36-24(30)20-15-19(28(31)32)8-9-21(20)26-10-12-35-13-11-26/h6-9,14-15H,4-5,10-13,16H2,1-3H3,(H,25,29). The predicted molar refractivity (Wildman–Crippen MR) is 136 cm³/mol. The van der Waals surface area contributed by atoms with Gasteiger partial charge in [0.15, 0.2) is 6.61 Å². The normalized spacial score (nSPS) is 13.9. The topological polar surface area (TPSA) is 148 Å². The number of anilines is 2. The molecule has 2 aromatic carbocycles. The Morgan fingerprint density at radius 2 is 1.81 bits per heavy atom. The molecule has 13 heteroatoms. The van der Waals surface area contributed by atoms with Gasteiger partial charge in [-0.05, 0) is 30.7 Å². The van der Waals surface area contributed by atoms with Gasteiger partial charge in [-0.2, -0.15) is 4.31 Å². The number of nitrogens with zero attached hydrogens (tertiary/aromatic N) is 3. The van der Waals surface area contributed by atoms with Gasteiger partial charge in [0.25, 0.3) is 11.6 Å². The number of nitro benzene ring substituents is 1. The van der Waals surface area contributed by atoms with E-state index in [-0.39, 0.29) is 21.8 Å². The maximum Gasteiger partial charge on any atom is 0.341 e. The lowest BCUT2D eigenvalue weighted by molar-refractivity contribution is -0.384. The summed E-state index contributed by atoms with van der Waals surface area (Å²) >= 11 is 0. The Bertz CT molecular complexity index is 1270. The van der Waals surface area contributed by atoms with Crippen LogP contribution < -0.4 is 10.2 Å². The minimum Gasteiger partial charge on any atom is -0.452 e. The summed E-state index contributed by atoms with van der Waals surface area (Å²) in [5.74, 6) is -1.59. The highest BCUT2D eigenvalue weighted by Crippen LogP contribution is 2.27. The first kappa shape index (κ1) is 28.0. The average molecular weight is 535 g/mol. The molecule has 0 unspecified atom stereocenters. The highest BCUT2D eigenvalue weighted by Gasteiger charge is 2.25. The molecule has 0 aromatic heterocycles. The molecular formula is C24H30N4O8S. The molecule has 1 heterocycles. The largest absolute Gasteiger partial charge is 0.452 e. The van der Waals surface area contributed by atoms with Crippen LogP contribution in [0.25, 0.3) is 0 Å². The number of nitro groups is 1. The van der Waals surface area contributed by atoms with Crippen molar-refractivity contribution in [1.29, 1.82) is 0 Å². The van der Waals surface area contributed by atoms with Gasteiger partial charge in [-0.15, -0.1) is 0 Å². The number of sulfonamides is 1. The van der Waals surface area contributed by atoms with E-state index in [2.05, 4.69) is 5.32 Å². The van der Waals surface area contributed by atoms with E-state index in [9.17, 15) is 28.1 Å². The monoisotopic (exact) mass is 534 g/mol. The molecule has 1 aliphatic rings. The summed E-state index contributed by atoms with van der Waals surface area (Å²) in [7, 11) is -3.75.